The molecule has 0 saturated carbocycles. The molecule has 3 rings (SSSR count). The highest BCUT2D eigenvalue weighted by atomic mass is 16.8. The molecule has 0 spiro atoms. The van der Waals surface area contributed by atoms with Crippen LogP contribution < -0.4 is 11.1 Å². The zero-order valence-corrected chi connectivity index (χ0v) is 44.3. The van der Waals surface area contributed by atoms with Crippen LogP contribution in [0.4, 0.5) is 0 Å². The molecule has 3 aliphatic heterocycles. The highest BCUT2D eigenvalue weighted by molar-refractivity contribution is 5.73. The van der Waals surface area contributed by atoms with Crippen molar-refractivity contribution in [2.45, 2.75) is 213 Å². The molecule has 32 nitrogen and oxygen atoms in total. The molecule has 3 fully saturated rings. The summed E-state index contributed by atoms with van der Waals surface area (Å²) < 4.78 is 69.3. The summed E-state index contributed by atoms with van der Waals surface area (Å²) in [4.78, 5) is 12.8. The summed E-state index contributed by atoms with van der Waals surface area (Å²) in [6.07, 6.45) is -38.3. The summed E-state index contributed by atoms with van der Waals surface area (Å²) in [6, 6.07) is -1.71. The van der Waals surface area contributed by atoms with Crippen LogP contribution >= 0.6 is 0 Å². The third-order valence-electron chi connectivity index (χ3n) is 12.9. The Kier molecular flexibility index (Phi) is 32.3. The van der Waals surface area contributed by atoms with E-state index in [1.54, 1.807) is 0 Å². The molecule has 20 N–H and O–H groups in total. The van der Waals surface area contributed by atoms with E-state index in [2.05, 4.69) is 11.2 Å². The first-order valence-electron chi connectivity index (χ1n) is 25.8. The predicted octanol–water partition coefficient (Wildman–Crippen LogP) is -10.2. The van der Waals surface area contributed by atoms with Gasteiger partial charge in [0.15, 0.2) is 37.7 Å². The van der Waals surface area contributed by atoms with Gasteiger partial charge >= 0.3 is 0 Å². The van der Waals surface area contributed by atoms with E-state index >= 15 is 0 Å². The summed E-state index contributed by atoms with van der Waals surface area (Å²) in [5.41, 5.74) is 5.52. The lowest BCUT2D eigenvalue weighted by molar-refractivity contribution is -0.353. The molecular weight excluding hydrogens is 1070 g/mol. The number of nitrogens with two attached hydrogens (primary N) is 1. The maximum atomic E-state index is 12.8. The smallest absolute Gasteiger partial charge is 0.217 e. The van der Waals surface area contributed by atoms with Gasteiger partial charge < -0.3 is 155 Å². The third kappa shape index (κ3) is 20.5. The molecule has 1 amide bonds. The van der Waals surface area contributed by atoms with E-state index in [0.717, 1.165) is 6.92 Å². The molecule has 32 heteroatoms. The lowest BCUT2D eigenvalue weighted by Crippen LogP contribution is -2.67. The van der Waals surface area contributed by atoms with Crippen LogP contribution in [-0.2, 0) is 61.6 Å². The lowest BCUT2D eigenvalue weighted by Gasteiger charge is -2.46. The minimum absolute atomic E-state index is 0.0988. The fourth-order valence-corrected chi connectivity index (χ4v) is 8.24. The molecule has 0 radical (unpaired) electrons. The van der Waals surface area contributed by atoms with Crippen molar-refractivity contribution in [3.63, 3.8) is 0 Å². The fourth-order valence-electron chi connectivity index (χ4n) is 8.24. The second-order valence-corrected chi connectivity index (χ2v) is 19.1. The van der Waals surface area contributed by atoms with Gasteiger partial charge in [0.05, 0.1) is 71.2 Å². The minimum Gasteiger partial charge on any atom is -0.394 e. The summed E-state index contributed by atoms with van der Waals surface area (Å²) in [6.45, 7) is -2.41. The van der Waals surface area contributed by atoms with Crippen LogP contribution in [0.2, 0.25) is 0 Å². The summed E-state index contributed by atoms with van der Waals surface area (Å²) in [7, 11) is 0. The molecule has 0 aromatic carbocycles. The maximum Gasteiger partial charge on any atom is 0.217 e. The van der Waals surface area contributed by atoms with Gasteiger partial charge in [-0.05, 0) is 46.6 Å². The zero-order chi connectivity index (χ0) is 59.3. The van der Waals surface area contributed by atoms with Gasteiger partial charge in [-0.3, -0.25) is 4.79 Å². The Bertz CT molecular complexity index is 1710. The molecule has 0 aromatic heterocycles. The van der Waals surface area contributed by atoms with Crippen LogP contribution in [0.1, 0.15) is 47.0 Å². The van der Waals surface area contributed by atoms with Crippen molar-refractivity contribution in [1.82, 2.24) is 5.32 Å². The van der Waals surface area contributed by atoms with E-state index in [0.29, 0.717) is 25.8 Å². The van der Waals surface area contributed by atoms with Gasteiger partial charge in [-0.2, -0.15) is 0 Å². The number of unbranched alkanes of at least 4 members (excludes halogenated alkanes) is 2. The number of carbonyl (C=O) groups is 1. The van der Waals surface area contributed by atoms with Crippen LogP contribution in [0.5, 0.6) is 0 Å². The molecule has 464 valence electrons. The van der Waals surface area contributed by atoms with Crippen molar-refractivity contribution in [3.8, 4) is 12.3 Å². The first kappa shape index (κ1) is 71.1. The van der Waals surface area contributed by atoms with Crippen molar-refractivity contribution in [1.29, 1.82) is 0 Å². The van der Waals surface area contributed by atoms with Crippen LogP contribution in [-0.4, -0.2) is 325 Å². The number of hydrogen-bond acceptors (Lipinski definition) is 31. The van der Waals surface area contributed by atoms with Crippen LogP contribution in [0.15, 0.2) is 0 Å². The van der Waals surface area contributed by atoms with E-state index in [1.165, 1.54) is 20.8 Å². The lowest BCUT2D eigenvalue weighted by atomic mass is 9.96. The Balaban J connectivity index is 1.93. The molecule has 0 aliphatic carbocycles. The molecule has 79 heavy (non-hydrogen) atoms. The number of carbonyl (C=O) groups excluding carboxylic acids is 1. The van der Waals surface area contributed by atoms with E-state index in [-0.39, 0.29) is 6.61 Å². The largest absolute Gasteiger partial charge is 0.394 e. The van der Waals surface area contributed by atoms with Crippen LogP contribution in [0.3, 0.4) is 0 Å². The summed E-state index contributed by atoms with van der Waals surface area (Å²) >= 11 is 0. The highest BCUT2D eigenvalue weighted by Gasteiger charge is 2.52. The molecule has 27 atom stereocenters. The van der Waals surface area contributed by atoms with Crippen molar-refractivity contribution in [3.05, 3.63) is 0 Å². The number of aliphatic hydroxyl groups is 17. The van der Waals surface area contributed by atoms with E-state index < -0.39 is 225 Å². The number of ether oxygens (including phenoxy) is 12. The van der Waals surface area contributed by atoms with E-state index in [9.17, 15) is 91.6 Å². The second-order valence-electron chi connectivity index (χ2n) is 19.1. The van der Waals surface area contributed by atoms with Gasteiger partial charge in [0, 0.05) is 13.5 Å². The first-order chi connectivity index (χ1) is 37.5. The molecule has 21 unspecified atom stereocenters. The Morgan fingerprint density at radius 3 is 1.66 bits per heavy atom. The van der Waals surface area contributed by atoms with Crippen molar-refractivity contribution >= 4 is 5.91 Å². The quantitative estimate of drug-likeness (QED) is 0.0156. The fraction of sp³-hybridized carbons (Fsp3) is 0.936. The standard InChI is InChI=1S/C47H86N2O30/c1-6-26-34(62)36(64)38(66)47(71-26)77-32(18-56)44(73-28(14-52)21(3)58)79-41-33(49-23(5)59)45(75-30(16-54)35(41)63)69-19-25(61)43(72-27(13-51)20(2)57)70-22(4)29(15-53)74-42(24(60)12-50)78-40-31(17-55)76-46(39(67)37(40)65)68-11-9-7-8-10-48/h1,20-22,24-47,50-58,60-67H,7-19,48H2,2-5H3,(H,49,59)/t20-,21-,22-,24+,25+,26?,27?,28?,29?,30?,31?,32+,33?,34?,35?,36?,37?,38?,39?,40?,41?,42?,43?,44?,45?,46?,47?/m1/s1. The van der Waals surface area contributed by atoms with Gasteiger partial charge in [0.25, 0.3) is 0 Å². The third-order valence-corrected chi connectivity index (χ3v) is 12.9. The number of rotatable bonds is 37. The van der Waals surface area contributed by atoms with Gasteiger partial charge in [0.2, 0.25) is 5.91 Å². The number of terminal acetylenes is 1. The van der Waals surface area contributed by atoms with Gasteiger partial charge in [-0.25, -0.2) is 0 Å². The van der Waals surface area contributed by atoms with Crippen molar-refractivity contribution in [2.75, 3.05) is 66.0 Å². The Morgan fingerprint density at radius 2 is 1.13 bits per heavy atom. The molecule has 0 bridgehead atoms. The Morgan fingerprint density at radius 1 is 0.570 bits per heavy atom. The Labute approximate surface area is 455 Å². The number of amides is 1. The monoisotopic (exact) mass is 1160 g/mol. The van der Waals surface area contributed by atoms with Crippen molar-refractivity contribution in [2.24, 2.45) is 5.73 Å². The van der Waals surface area contributed by atoms with E-state index in [1.807, 2.05) is 0 Å². The van der Waals surface area contributed by atoms with E-state index in [4.69, 9.17) is 69.0 Å². The molecule has 3 heterocycles. The van der Waals surface area contributed by atoms with Gasteiger partial charge in [-0.15, -0.1) is 6.42 Å². The number of hydrogen-bond donors (Lipinski definition) is 19. The van der Waals surface area contributed by atoms with Crippen LogP contribution in [0, 0.1) is 12.3 Å². The van der Waals surface area contributed by atoms with Crippen molar-refractivity contribution < 1.29 is 148 Å². The number of nitrogens with one attached hydrogen (secondary N) is 1. The Hall–Kier alpha value is -2.17. The molecule has 3 aliphatic rings. The second kappa shape index (κ2) is 35.9. The normalized spacial score (nSPS) is 34.2. The SMILES string of the molecule is C#CC1OC(O[C@@H](CO)C(OC2C(O)C(CO)OC(OC[C@H](O)C(OC(CO)[C@@H](C)O)O[C@H](C)C(CO)OC(OC3C(CO)OC(OCCCCCN)C(O)C3O)[C@@H](O)CO)C2NC(C)=O)OC(CO)[C@@H](C)O)C(O)C(O)C1O. The molecule has 3 saturated heterocycles. The summed E-state index contributed by atoms with van der Waals surface area (Å²) in [5, 5.41) is 183. The topological polar surface area (TPSA) is 510 Å². The predicted molar refractivity (Wildman–Crippen MR) is 259 cm³/mol. The zero-order valence-electron chi connectivity index (χ0n) is 44.3. The summed E-state index contributed by atoms with van der Waals surface area (Å²) in [5.74, 6) is 1.23. The molecule has 0 aromatic rings. The minimum atomic E-state index is -2.06. The first-order valence-corrected chi connectivity index (χ1v) is 25.8. The average molecular weight is 1160 g/mol. The average Bonchev–Trinajstić information content (AvgIpc) is 3.42. The maximum absolute atomic E-state index is 12.8. The highest BCUT2D eigenvalue weighted by Crippen LogP contribution is 2.31. The van der Waals surface area contributed by atoms with Gasteiger partial charge in [0.1, 0.15) is 110 Å². The van der Waals surface area contributed by atoms with Crippen LogP contribution in [0.25, 0.3) is 0 Å². The molecular formula is C47H86N2O30. The number of aliphatic hydroxyl groups excluding tert-OH is 17. The van der Waals surface area contributed by atoms with Gasteiger partial charge in [-0.1, -0.05) is 5.92 Å².